The predicted molar refractivity (Wildman–Crippen MR) is 79.9 cm³/mol. The molecule has 0 aliphatic heterocycles. The van der Waals surface area contributed by atoms with Crippen LogP contribution in [0.5, 0.6) is 0 Å². The minimum absolute atomic E-state index is 0.0598. The molecule has 112 valence electrons. The van der Waals surface area contributed by atoms with E-state index in [1.54, 1.807) is 12.1 Å². The molecule has 2 aromatic rings. The Hall–Kier alpha value is -1.96. The molecule has 0 aliphatic carbocycles. The molecule has 0 unspecified atom stereocenters. The van der Waals surface area contributed by atoms with Crippen LogP contribution in [0.3, 0.4) is 0 Å². The summed E-state index contributed by atoms with van der Waals surface area (Å²) in [6.45, 7) is 2.69. The van der Waals surface area contributed by atoms with E-state index >= 15 is 0 Å². The van der Waals surface area contributed by atoms with Gasteiger partial charge in [0.2, 0.25) is 0 Å². The molecule has 1 aromatic carbocycles. The van der Waals surface area contributed by atoms with Crippen molar-refractivity contribution in [2.45, 2.75) is 13.5 Å². The second kappa shape index (κ2) is 7.16. The third-order valence-electron chi connectivity index (χ3n) is 2.55. The number of nitrogens with one attached hydrogen (secondary N) is 2. The van der Waals surface area contributed by atoms with Gasteiger partial charge in [-0.3, -0.25) is 0 Å². The molecule has 6 nitrogen and oxygen atoms in total. The molecule has 1 aromatic heterocycles. The average Bonchev–Trinajstić information content (AvgIpc) is 2.48. The Kier molecular flexibility index (Phi) is 5.26. The van der Waals surface area contributed by atoms with Crippen LogP contribution in [0, 0.1) is 5.82 Å². The van der Waals surface area contributed by atoms with Crippen LogP contribution < -0.4 is 16.6 Å². The van der Waals surface area contributed by atoms with Crippen molar-refractivity contribution in [3.05, 3.63) is 40.9 Å². The lowest BCUT2D eigenvalue weighted by molar-refractivity contribution is 0.128. The number of nitrogens with two attached hydrogens (primary N) is 1. The van der Waals surface area contributed by atoms with Crippen molar-refractivity contribution >= 4 is 28.9 Å². The molecule has 8 heteroatoms. The SMILES string of the molecule is CCOCc1nc(NN)cc(Nc2ccc(Cl)c(F)c2)n1. The fourth-order valence-corrected chi connectivity index (χ4v) is 1.73. The molecule has 0 amide bonds. The molecule has 2 rings (SSSR count). The highest BCUT2D eigenvalue weighted by Crippen LogP contribution is 2.22. The quantitative estimate of drug-likeness (QED) is 0.562. The minimum atomic E-state index is -0.512. The highest BCUT2D eigenvalue weighted by molar-refractivity contribution is 6.30. The van der Waals surface area contributed by atoms with E-state index in [4.69, 9.17) is 22.2 Å². The summed E-state index contributed by atoms with van der Waals surface area (Å²) >= 11 is 5.64. The first-order chi connectivity index (χ1) is 10.1. The molecule has 0 aliphatic rings. The molecule has 0 radical (unpaired) electrons. The number of benzene rings is 1. The highest BCUT2D eigenvalue weighted by Gasteiger charge is 2.06. The summed E-state index contributed by atoms with van der Waals surface area (Å²) in [6, 6.07) is 5.99. The number of ether oxygens (including phenoxy) is 1. The smallest absolute Gasteiger partial charge is 0.158 e. The van der Waals surface area contributed by atoms with Crippen LogP contribution in [-0.2, 0) is 11.3 Å². The standard InChI is InChI=1S/C13H15ClFN5O/c1-2-21-7-13-18-11(6-12(19-13)20-16)17-8-3-4-9(14)10(15)5-8/h3-6H,2,7,16H2,1H3,(H2,17,18,19,20). The molecular weight excluding hydrogens is 297 g/mol. The van der Waals surface area contributed by atoms with Gasteiger partial charge in [0, 0.05) is 18.4 Å². The summed E-state index contributed by atoms with van der Waals surface area (Å²) in [5, 5.41) is 3.02. The van der Waals surface area contributed by atoms with Crippen molar-refractivity contribution in [1.29, 1.82) is 0 Å². The van der Waals surface area contributed by atoms with Gasteiger partial charge in [0.25, 0.3) is 0 Å². The Morgan fingerprint density at radius 1 is 1.29 bits per heavy atom. The summed E-state index contributed by atoms with van der Waals surface area (Å²) in [5.74, 6) is 6.21. The average molecular weight is 312 g/mol. The van der Waals surface area contributed by atoms with Crippen LogP contribution in [0.1, 0.15) is 12.7 Å². The summed E-state index contributed by atoms with van der Waals surface area (Å²) in [6.07, 6.45) is 0. The van der Waals surface area contributed by atoms with Gasteiger partial charge in [0.05, 0.1) is 5.02 Å². The van der Waals surface area contributed by atoms with E-state index in [9.17, 15) is 4.39 Å². The van der Waals surface area contributed by atoms with Gasteiger partial charge < -0.3 is 15.5 Å². The van der Waals surface area contributed by atoms with Gasteiger partial charge in [-0.1, -0.05) is 11.6 Å². The Bertz CT molecular complexity index is 626. The lowest BCUT2D eigenvalue weighted by atomic mass is 10.3. The zero-order chi connectivity index (χ0) is 15.2. The maximum atomic E-state index is 13.4. The molecular formula is C13H15ClFN5O. The molecule has 0 spiro atoms. The summed E-state index contributed by atoms with van der Waals surface area (Å²) < 4.78 is 18.7. The van der Waals surface area contributed by atoms with E-state index in [0.717, 1.165) is 0 Å². The van der Waals surface area contributed by atoms with E-state index in [1.165, 1.54) is 12.1 Å². The van der Waals surface area contributed by atoms with Crippen molar-refractivity contribution in [3.8, 4) is 0 Å². The van der Waals surface area contributed by atoms with Crippen LogP contribution in [0.15, 0.2) is 24.3 Å². The number of nitrogen functional groups attached to an aromatic ring is 1. The first-order valence-corrected chi connectivity index (χ1v) is 6.64. The highest BCUT2D eigenvalue weighted by atomic mass is 35.5. The molecule has 0 fully saturated rings. The Labute approximate surface area is 126 Å². The first kappa shape index (κ1) is 15.4. The number of hydrogen-bond donors (Lipinski definition) is 3. The second-order valence-electron chi connectivity index (χ2n) is 4.09. The van der Waals surface area contributed by atoms with Crippen LogP contribution in [-0.4, -0.2) is 16.6 Å². The number of anilines is 3. The lowest BCUT2D eigenvalue weighted by Crippen LogP contribution is -2.12. The van der Waals surface area contributed by atoms with E-state index in [0.29, 0.717) is 29.8 Å². The molecule has 21 heavy (non-hydrogen) atoms. The number of aromatic nitrogens is 2. The van der Waals surface area contributed by atoms with Crippen LogP contribution in [0.25, 0.3) is 0 Å². The third kappa shape index (κ3) is 4.25. The maximum absolute atomic E-state index is 13.4. The fourth-order valence-electron chi connectivity index (χ4n) is 1.61. The monoisotopic (exact) mass is 311 g/mol. The Morgan fingerprint density at radius 2 is 2.05 bits per heavy atom. The molecule has 0 saturated heterocycles. The van der Waals surface area contributed by atoms with E-state index in [1.807, 2.05) is 6.92 Å². The Morgan fingerprint density at radius 3 is 2.71 bits per heavy atom. The van der Waals surface area contributed by atoms with Crippen molar-refractivity contribution in [3.63, 3.8) is 0 Å². The van der Waals surface area contributed by atoms with Gasteiger partial charge in [-0.25, -0.2) is 20.2 Å². The largest absolute Gasteiger partial charge is 0.374 e. The van der Waals surface area contributed by atoms with Gasteiger partial charge in [-0.15, -0.1) is 0 Å². The van der Waals surface area contributed by atoms with E-state index in [-0.39, 0.29) is 11.6 Å². The lowest BCUT2D eigenvalue weighted by Gasteiger charge is -2.10. The number of rotatable bonds is 6. The van der Waals surface area contributed by atoms with Crippen LogP contribution >= 0.6 is 11.6 Å². The number of nitrogens with zero attached hydrogens (tertiary/aromatic N) is 2. The number of hydrazine groups is 1. The van der Waals surface area contributed by atoms with Gasteiger partial charge in [-0.05, 0) is 25.1 Å². The van der Waals surface area contributed by atoms with Crippen LogP contribution in [0.4, 0.5) is 21.7 Å². The van der Waals surface area contributed by atoms with Crippen molar-refractivity contribution < 1.29 is 9.13 Å². The number of hydrogen-bond acceptors (Lipinski definition) is 6. The third-order valence-corrected chi connectivity index (χ3v) is 2.85. The van der Waals surface area contributed by atoms with Crippen molar-refractivity contribution in [2.75, 3.05) is 17.3 Å². The topological polar surface area (TPSA) is 85.1 Å². The zero-order valence-corrected chi connectivity index (χ0v) is 12.1. The molecule has 1 heterocycles. The Balaban J connectivity index is 2.23. The van der Waals surface area contributed by atoms with Gasteiger partial charge in [-0.2, -0.15) is 0 Å². The van der Waals surface area contributed by atoms with Crippen LogP contribution in [0.2, 0.25) is 5.02 Å². The summed E-state index contributed by atoms with van der Waals surface area (Å²) in [7, 11) is 0. The molecule has 0 saturated carbocycles. The van der Waals surface area contributed by atoms with Crippen molar-refractivity contribution in [1.82, 2.24) is 9.97 Å². The fraction of sp³-hybridized carbons (Fsp3) is 0.231. The molecule has 0 bridgehead atoms. The van der Waals surface area contributed by atoms with E-state index < -0.39 is 5.82 Å². The van der Waals surface area contributed by atoms with Crippen molar-refractivity contribution in [2.24, 2.45) is 5.84 Å². The first-order valence-electron chi connectivity index (χ1n) is 6.26. The minimum Gasteiger partial charge on any atom is -0.374 e. The summed E-state index contributed by atoms with van der Waals surface area (Å²) in [4.78, 5) is 8.42. The van der Waals surface area contributed by atoms with Gasteiger partial charge >= 0.3 is 0 Å². The zero-order valence-electron chi connectivity index (χ0n) is 11.4. The van der Waals surface area contributed by atoms with Gasteiger partial charge in [0.15, 0.2) is 5.82 Å². The van der Waals surface area contributed by atoms with Gasteiger partial charge in [0.1, 0.15) is 24.1 Å². The number of halogens is 2. The maximum Gasteiger partial charge on any atom is 0.158 e. The molecule has 4 N–H and O–H groups in total. The van der Waals surface area contributed by atoms with E-state index in [2.05, 4.69) is 20.7 Å². The summed E-state index contributed by atoms with van der Waals surface area (Å²) in [5.41, 5.74) is 2.96. The normalized spacial score (nSPS) is 10.5. The second-order valence-corrected chi connectivity index (χ2v) is 4.50. The molecule has 0 atom stereocenters. The predicted octanol–water partition coefficient (Wildman–Crippen LogP) is 2.83.